The van der Waals surface area contributed by atoms with E-state index in [2.05, 4.69) is 25.8 Å². The number of rotatable bonds is 0. The van der Waals surface area contributed by atoms with Gasteiger partial charge >= 0.3 is 0 Å². The Morgan fingerprint density at radius 3 is 2.22 bits per heavy atom. The summed E-state index contributed by atoms with van der Waals surface area (Å²) in [5, 5.41) is 0. The van der Waals surface area contributed by atoms with Gasteiger partial charge < -0.3 is 0 Å². The minimum absolute atomic E-state index is 1.16. The summed E-state index contributed by atoms with van der Waals surface area (Å²) in [6.07, 6.45) is 2.33. The van der Waals surface area contributed by atoms with E-state index in [1.54, 1.807) is 0 Å². The minimum Gasteiger partial charge on any atom is -0.263 e. The fourth-order valence-electron chi connectivity index (χ4n) is 1.00. The molecule has 50 valence electrons. The van der Waals surface area contributed by atoms with Crippen LogP contribution in [0.2, 0.25) is 0 Å². The molecule has 0 atom stereocenters. The molecule has 9 heavy (non-hydrogen) atoms. The molecule has 0 aromatic rings. The van der Waals surface area contributed by atoms with Crippen molar-refractivity contribution in [3.8, 4) is 0 Å². The number of nitrogens with zero attached hydrogens (tertiary/aromatic N) is 1. The third-order valence-electron chi connectivity index (χ3n) is 1.63. The Labute approximate surface area is 56.5 Å². The molecule has 0 aliphatic carbocycles. The van der Waals surface area contributed by atoms with Crippen LogP contribution < -0.4 is 0 Å². The smallest absolute Gasteiger partial charge is 0.0393 e. The highest BCUT2D eigenvalue weighted by molar-refractivity contribution is 5.85. The summed E-state index contributed by atoms with van der Waals surface area (Å²) in [5.41, 5.74) is 3.95. The van der Waals surface area contributed by atoms with Crippen molar-refractivity contribution in [2.45, 2.75) is 33.6 Å². The van der Waals surface area contributed by atoms with Crippen LogP contribution in [0.15, 0.2) is 16.3 Å². The van der Waals surface area contributed by atoms with Crippen LogP contribution in [-0.4, -0.2) is 5.71 Å². The highest BCUT2D eigenvalue weighted by Crippen LogP contribution is 2.19. The second kappa shape index (κ2) is 2.34. The van der Waals surface area contributed by atoms with Gasteiger partial charge in [-0.25, -0.2) is 0 Å². The lowest BCUT2D eigenvalue weighted by atomic mass is 10.2. The molecule has 1 aliphatic rings. The second-order valence-corrected chi connectivity index (χ2v) is 2.79. The van der Waals surface area contributed by atoms with Gasteiger partial charge in [-0.1, -0.05) is 5.57 Å². The molecule has 0 N–H and O–H groups in total. The molecule has 0 radical (unpaired) electrons. The number of allylic oxidation sites excluding steroid dienone is 2. The van der Waals surface area contributed by atoms with Crippen molar-refractivity contribution in [2.75, 3.05) is 0 Å². The quantitative estimate of drug-likeness (QED) is 0.469. The first kappa shape index (κ1) is 6.53. The lowest BCUT2D eigenvalue weighted by Crippen LogP contribution is -1.77. The molecule has 1 heteroatoms. The Kier molecular flexibility index (Phi) is 1.70. The van der Waals surface area contributed by atoms with E-state index in [1.807, 2.05) is 0 Å². The number of hydrogen-bond donors (Lipinski definition) is 0. The van der Waals surface area contributed by atoms with E-state index in [4.69, 9.17) is 0 Å². The van der Waals surface area contributed by atoms with E-state index < -0.39 is 0 Å². The van der Waals surface area contributed by atoms with Gasteiger partial charge in [0.05, 0.1) is 0 Å². The predicted molar refractivity (Wildman–Crippen MR) is 40.7 cm³/mol. The monoisotopic (exact) mass is 123 g/mol. The van der Waals surface area contributed by atoms with Gasteiger partial charge in [0, 0.05) is 11.4 Å². The Balaban J connectivity index is 2.80. The average Bonchev–Trinajstić information content (AvgIpc) is 2.14. The maximum absolute atomic E-state index is 4.38. The zero-order chi connectivity index (χ0) is 6.85. The molecule has 0 aromatic carbocycles. The van der Waals surface area contributed by atoms with E-state index in [9.17, 15) is 0 Å². The van der Waals surface area contributed by atoms with E-state index in [-0.39, 0.29) is 0 Å². The first-order valence-corrected chi connectivity index (χ1v) is 3.40. The first-order chi connectivity index (χ1) is 4.20. The third kappa shape index (κ3) is 1.41. The molecule has 0 fully saturated rings. The maximum Gasteiger partial charge on any atom is 0.0393 e. The largest absolute Gasteiger partial charge is 0.263 e. The summed E-state index contributed by atoms with van der Waals surface area (Å²) >= 11 is 0. The molecule has 0 bridgehead atoms. The van der Waals surface area contributed by atoms with Crippen molar-refractivity contribution in [3.05, 3.63) is 11.3 Å². The molecule has 1 heterocycles. The van der Waals surface area contributed by atoms with Crippen LogP contribution >= 0.6 is 0 Å². The fraction of sp³-hybridized carbons (Fsp3) is 0.625. The van der Waals surface area contributed by atoms with E-state index in [0.717, 1.165) is 6.42 Å². The average molecular weight is 123 g/mol. The normalized spacial score (nSPS) is 18.1. The third-order valence-corrected chi connectivity index (χ3v) is 1.63. The maximum atomic E-state index is 4.38. The molecule has 0 amide bonds. The van der Waals surface area contributed by atoms with Crippen LogP contribution in [0, 0.1) is 0 Å². The first-order valence-electron chi connectivity index (χ1n) is 3.40. The zero-order valence-corrected chi connectivity index (χ0v) is 6.36. The SMILES string of the molecule is CC1=NC(=C(C)C)CC1. The predicted octanol–water partition coefficient (Wildman–Crippen LogP) is 2.54. The Morgan fingerprint density at radius 2 is 2.00 bits per heavy atom. The van der Waals surface area contributed by atoms with Gasteiger partial charge in [-0.3, -0.25) is 4.99 Å². The van der Waals surface area contributed by atoms with Gasteiger partial charge in [0.25, 0.3) is 0 Å². The fourth-order valence-corrected chi connectivity index (χ4v) is 1.00. The highest BCUT2D eigenvalue weighted by atomic mass is 14.8. The molecule has 0 saturated carbocycles. The summed E-state index contributed by atoms with van der Waals surface area (Å²) in [7, 11) is 0. The van der Waals surface area contributed by atoms with Crippen LogP contribution in [0.1, 0.15) is 33.6 Å². The lowest BCUT2D eigenvalue weighted by molar-refractivity contribution is 1.03. The van der Waals surface area contributed by atoms with Gasteiger partial charge in [0.1, 0.15) is 0 Å². The lowest BCUT2D eigenvalue weighted by Gasteiger charge is -1.92. The summed E-state index contributed by atoms with van der Waals surface area (Å²) in [6, 6.07) is 0. The van der Waals surface area contributed by atoms with Crippen LogP contribution in [0.25, 0.3) is 0 Å². The topological polar surface area (TPSA) is 12.4 Å². The Hall–Kier alpha value is -0.590. The molecule has 0 spiro atoms. The van der Waals surface area contributed by atoms with Crippen molar-refractivity contribution in [2.24, 2.45) is 4.99 Å². The Morgan fingerprint density at radius 1 is 1.33 bits per heavy atom. The summed E-state index contributed by atoms with van der Waals surface area (Å²) in [4.78, 5) is 4.38. The van der Waals surface area contributed by atoms with Crippen LogP contribution in [0.5, 0.6) is 0 Å². The van der Waals surface area contributed by atoms with Crippen LogP contribution in [0.4, 0.5) is 0 Å². The molecule has 1 rings (SSSR count). The van der Waals surface area contributed by atoms with Gasteiger partial charge in [-0.15, -0.1) is 0 Å². The van der Waals surface area contributed by atoms with Crippen molar-refractivity contribution in [1.82, 2.24) is 0 Å². The minimum atomic E-state index is 1.16. The standard InChI is InChI=1S/C8H13N/c1-6(2)8-5-4-7(3)9-8/h4-5H2,1-3H3. The summed E-state index contributed by atoms with van der Waals surface area (Å²) in [6.45, 7) is 6.34. The van der Waals surface area contributed by atoms with Crippen molar-refractivity contribution in [3.63, 3.8) is 0 Å². The zero-order valence-electron chi connectivity index (χ0n) is 6.36. The van der Waals surface area contributed by atoms with E-state index in [0.29, 0.717) is 0 Å². The molecule has 1 nitrogen and oxygen atoms in total. The molecular weight excluding hydrogens is 110 g/mol. The summed E-state index contributed by atoms with van der Waals surface area (Å²) < 4.78 is 0. The van der Waals surface area contributed by atoms with Crippen molar-refractivity contribution >= 4 is 5.71 Å². The van der Waals surface area contributed by atoms with Crippen LogP contribution in [-0.2, 0) is 0 Å². The molecule has 0 aromatic heterocycles. The van der Waals surface area contributed by atoms with Gasteiger partial charge in [-0.2, -0.15) is 0 Å². The van der Waals surface area contributed by atoms with Crippen molar-refractivity contribution < 1.29 is 0 Å². The number of hydrogen-bond acceptors (Lipinski definition) is 1. The van der Waals surface area contributed by atoms with Crippen LogP contribution in [0.3, 0.4) is 0 Å². The second-order valence-electron chi connectivity index (χ2n) is 2.79. The van der Waals surface area contributed by atoms with E-state index >= 15 is 0 Å². The van der Waals surface area contributed by atoms with Gasteiger partial charge in [0.2, 0.25) is 0 Å². The molecular formula is C8H13N. The number of aliphatic imine (C=N–C) groups is 1. The summed E-state index contributed by atoms with van der Waals surface area (Å²) in [5.74, 6) is 0. The van der Waals surface area contributed by atoms with Gasteiger partial charge in [-0.05, 0) is 33.6 Å². The molecule has 1 aliphatic heterocycles. The van der Waals surface area contributed by atoms with E-state index in [1.165, 1.54) is 23.4 Å². The molecule has 0 saturated heterocycles. The Bertz CT molecular complexity index is 171. The van der Waals surface area contributed by atoms with Crippen molar-refractivity contribution in [1.29, 1.82) is 0 Å². The van der Waals surface area contributed by atoms with Gasteiger partial charge in [0.15, 0.2) is 0 Å². The molecule has 0 unspecified atom stereocenters. The highest BCUT2D eigenvalue weighted by Gasteiger charge is 2.06.